The van der Waals surface area contributed by atoms with Crippen molar-refractivity contribution in [2.75, 3.05) is 39.9 Å². The molecule has 2 aliphatic rings. The topological polar surface area (TPSA) is 33.7 Å². The van der Waals surface area contributed by atoms with E-state index in [0.29, 0.717) is 12.0 Å². The monoisotopic (exact) mass is 430 g/mol. The zero-order valence-electron chi connectivity index (χ0n) is 17.3. The lowest BCUT2D eigenvalue weighted by atomic mass is 9.73. The predicted molar refractivity (Wildman–Crippen MR) is 122 cm³/mol. The Morgan fingerprint density at radius 3 is 2.61 bits per heavy atom. The molecule has 0 bridgehead atoms. The number of hydrogen-bond acceptors (Lipinski definition) is 4. The average molecular weight is 431 g/mol. The Morgan fingerprint density at radius 2 is 1.96 bits per heavy atom. The molecule has 2 heterocycles. The summed E-state index contributed by atoms with van der Waals surface area (Å²) in [5.74, 6) is 1.71. The Balaban J connectivity index is 0.00000196. The van der Waals surface area contributed by atoms with Crippen molar-refractivity contribution in [2.24, 2.45) is 5.41 Å². The molecule has 1 spiro atoms. The summed E-state index contributed by atoms with van der Waals surface area (Å²) in [5, 5.41) is 3.52. The van der Waals surface area contributed by atoms with Crippen molar-refractivity contribution < 1.29 is 9.47 Å². The van der Waals surface area contributed by atoms with Crippen molar-refractivity contribution in [1.29, 1.82) is 0 Å². The van der Waals surface area contributed by atoms with Gasteiger partial charge in [-0.2, -0.15) is 0 Å². The number of rotatable bonds is 7. The minimum absolute atomic E-state index is 0. The first-order valence-corrected chi connectivity index (χ1v) is 10.1. The van der Waals surface area contributed by atoms with E-state index in [1.54, 1.807) is 7.11 Å². The minimum Gasteiger partial charge on any atom is -0.493 e. The first kappa shape index (κ1) is 25.1. The van der Waals surface area contributed by atoms with Gasteiger partial charge in [0.2, 0.25) is 0 Å². The number of methoxy groups -OCH3 is 1. The second kappa shape index (κ2) is 11.9. The van der Waals surface area contributed by atoms with Crippen LogP contribution in [0.1, 0.15) is 43.7 Å². The van der Waals surface area contributed by atoms with Crippen molar-refractivity contribution in [3.05, 3.63) is 35.9 Å². The molecule has 28 heavy (non-hydrogen) atoms. The molecule has 0 radical (unpaired) electrons. The van der Waals surface area contributed by atoms with E-state index < -0.39 is 0 Å². The largest absolute Gasteiger partial charge is 0.493 e. The molecule has 160 valence electrons. The molecule has 0 aromatic heterocycles. The fourth-order valence-electron chi connectivity index (χ4n) is 4.65. The summed E-state index contributed by atoms with van der Waals surface area (Å²) in [6.45, 7) is 12.3. The fourth-order valence-corrected chi connectivity index (χ4v) is 4.65. The first-order valence-electron chi connectivity index (χ1n) is 10.1. The van der Waals surface area contributed by atoms with E-state index in [9.17, 15) is 0 Å². The molecule has 4 nitrogen and oxygen atoms in total. The van der Waals surface area contributed by atoms with Gasteiger partial charge in [0.25, 0.3) is 0 Å². The Labute approximate surface area is 182 Å². The molecule has 0 atom stereocenters. The highest BCUT2D eigenvalue weighted by molar-refractivity contribution is 5.85. The first-order chi connectivity index (χ1) is 12.7. The lowest BCUT2D eigenvalue weighted by Gasteiger charge is -2.45. The van der Waals surface area contributed by atoms with Gasteiger partial charge in [0, 0.05) is 18.7 Å². The number of hydrogen-bond donors (Lipinski definition) is 1. The molecule has 0 unspecified atom stereocenters. The predicted octanol–water partition coefficient (Wildman–Crippen LogP) is 4.63. The average Bonchev–Trinajstić information content (AvgIpc) is 2.64. The smallest absolute Gasteiger partial charge is 0.164 e. The summed E-state index contributed by atoms with van der Waals surface area (Å²) in [4.78, 5) is 2.64. The number of halogens is 2. The molecule has 0 saturated carbocycles. The number of ether oxygens (including phenoxy) is 2. The van der Waals surface area contributed by atoms with E-state index >= 15 is 0 Å². The molecule has 1 aromatic rings. The zero-order valence-corrected chi connectivity index (χ0v) is 18.9. The summed E-state index contributed by atoms with van der Waals surface area (Å²) in [6, 6.07) is 4.43. The van der Waals surface area contributed by atoms with Crippen LogP contribution in [0, 0.1) is 5.41 Å². The van der Waals surface area contributed by atoms with Crippen molar-refractivity contribution in [2.45, 2.75) is 45.6 Å². The van der Waals surface area contributed by atoms with Crippen LogP contribution >= 0.6 is 24.8 Å². The van der Waals surface area contributed by atoms with E-state index in [0.717, 1.165) is 24.5 Å². The van der Waals surface area contributed by atoms with Gasteiger partial charge >= 0.3 is 0 Å². The van der Waals surface area contributed by atoms with Gasteiger partial charge < -0.3 is 14.8 Å². The van der Waals surface area contributed by atoms with Gasteiger partial charge in [0.05, 0.1) is 13.7 Å². The van der Waals surface area contributed by atoms with Crippen LogP contribution in [0.2, 0.25) is 0 Å². The SMILES string of the molecule is C=CCc1cc(CN2CCCC3(CCNCC3)C2)cc(OC)c1OCC.Cl.Cl. The van der Waals surface area contributed by atoms with Gasteiger partial charge in [-0.3, -0.25) is 4.90 Å². The van der Waals surface area contributed by atoms with E-state index in [1.165, 1.54) is 63.0 Å². The zero-order chi connectivity index (χ0) is 18.4. The van der Waals surface area contributed by atoms with Crippen molar-refractivity contribution in [1.82, 2.24) is 10.2 Å². The molecule has 1 N–H and O–H groups in total. The molecule has 0 amide bonds. The van der Waals surface area contributed by atoms with Crippen LogP contribution in [0.4, 0.5) is 0 Å². The number of benzene rings is 1. The highest BCUT2D eigenvalue weighted by Gasteiger charge is 2.36. The van der Waals surface area contributed by atoms with Crippen LogP contribution in [0.5, 0.6) is 11.5 Å². The molecule has 3 rings (SSSR count). The third-order valence-electron chi connectivity index (χ3n) is 5.88. The summed E-state index contributed by atoms with van der Waals surface area (Å²) in [7, 11) is 1.73. The highest BCUT2D eigenvalue weighted by atomic mass is 35.5. The van der Waals surface area contributed by atoms with Crippen molar-refractivity contribution in [3.8, 4) is 11.5 Å². The van der Waals surface area contributed by atoms with E-state index in [2.05, 4.69) is 28.9 Å². The second-order valence-electron chi connectivity index (χ2n) is 7.78. The van der Waals surface area contributed by atoms with Crippen molar-refractivity contribution in [3.63, 3.8) is 0 Å². The van der Waals surface area contributed by atoms with Crippen LogP contribution in [-0.4, -0.2) is 44.8 Å². The van der Waals surface area contributed by atoms with Gasteiger partial charge in [-0.25, -0.2) is 0 Å². The highest BCUT2D eigenvalue weighted by Crippen LogP contribution is 2.39. The van der Waals surface area contributed by atoms with Crippen molar-refractivity contribution >= 4 is 24.8 Å². The van der Waals surface area contributed by atoms with Crippen LogP contribution in [0.3, 0.4) is 0 Å². The van der Waals surface area contributed by atoms with Crippen LogP contribution in [0.25, 0.3) is 0 Å². The maximum atomic E-state index is 5.85. The molecule has 2 saturated heterocycles. The number of likely N-dealkylation sites (tertiary alicyclic amines) is 1. The molecular formula is C22H36Cl2N2O2. The Morgan fingerprint density at radius 1 is 1.21 bits per heavy atom. The second-order valence-corrected chi connectivity index (χ2v) is 7.78. The molecule has 6 heteroatoms. The molecular weight excluding hydrogens is 395 g/mol. The number of piperidine rings is 2. The van der Waals surface area contributed by atoms with Gasteiger partial charge in [-0.15, -0.1) is 31.4 Å². The fraction of sp³-hybridized carbons (Fsp3) is 0.636. The number of nitrogens with zero attached hydrogens (tertiary/aromatic N) is 1. The quantitative estimate of drug-likeness (QED) is 0.639. The van der Waals surface area contributed by atoms with Gasteiger partial charge in [0.15, 0.2) is 11.5 Å². The normalized spacial score (nSPS) is 18.6. The summed E-state index contributed by atoms with van der Waals surface area (Å²) in [5.41, 5.74) is 3.01. The van der Waals surface area contributed by atoms with Gasteiger partial charge in [-0.05, 0) is 75.7 Å². The maximum absolute atomic E-state index is 5.85. The number of allylic oxidation sites excluding steroid dienone is 1. The standard InChI is InChI=1S/C22H34N2O2.2ClH/c1-4-7-19-14-18(15-20(25-3)21(19)26-5-2)16-24-13-6-8-22(17-24)9-11-23-12-10-22;;/h4,14-15,23H,1,5-13,16-17H2,2-3H3;2*1H. The Bertz CT molecular complexity index is 613. The molecule has 1 aromatic carbocycles. The number of nitrogens with one attached hydrogen (secondary N) is 1. The molecule has 0 aliphatic carbocycles. The Kier molecular flexibility index (Phi) is 10.7. The third kappa shape index (κ3) is 6.03. The lowest BCUT2D eigenvalue weighted by Crippen LogP contribution is -2.48. The maximum Gasteiger partial charge on any atom is 0.164 e. The summed E-state index contributed by atoms with van der Waals surface area (Å²) < 4.78 is 11.5. The molecule has 2 fully saturated rings. The van der Waals surface area contributed by atoms with Crippen LogP contribution in [-0.2, 0) is 13.0 Å². The van der Waals surface area contributed by atoms with E-state index in [4.69, 9.17) is 9.47 Å². The third-order valence-corrected chi connectivity index (χ3v) is 5.88. The Hall–Kier alpha value is -0.940. The summed E-state index contributed by atoms with van der Waals surface area (Å²) in [6.07, 6.45) is 8.07. The van der Waals surface area contributed by atoms with Gasteiger partial charge in [0.1, 0.15) is 0 Å². The molecule has 2 aliphatic heterocycles. The van der Waals surface area contributed by atoms with Gasteiger partial charge in [-0.1, -0.05) is 12.1 Å². The minimum atomic E-state index is 0. The van der Waals surface area contributed by atoms with Crippen LogP contribution in [0.15, 0.2) is 24.8 Å². The van der Waals surface area contributed by atoms with E-state index in [-0.39, 0.29) is 24.8 Å². The summed E-state index contributed by atoms with van der Waals surface area (Å²) >= 11 is 0. The van der Waals surface area contributed by atoms with E-state index in [1.807, 2.05) is 13.0 Å². The van der Waals surface area contributed by atoms with Crippen LogP contribution < -0.4 is 14.8 Å². The lowest BCUT2D eigenvalue weighted by molar-refractivity contribution is 0.0551.